The van der Waals surface area contributed by atoms with Gasteiger partial charge in [-0.15, -0.1) is 0 Å². The molecular formula is C25H24N4O4S2. The Morgan fingerprint density at radius 3 is 2.66 bits per heavy atom. The molecule has 1 saturated heterocycles. The van der Waals surface area contributed by atoms with Crippen LogP contribution >= 0.6 is 24.0 Å². The summed E-state index contributed by atoms with van der Waals surface area (Å²) in [6.45, 7) is 2.70. The van der Waals surface area contributed by atoms with Crippen molar-refractivity contribution in [1.29, 1.82) is 0 Å². The van der Waals surface area contributed by atoms with Crippen LogP contribution in [0.15, 0.2) is 59.6 Å². The molecule has 3 aromatic rings. The van der Waals surface area contributed by atoms with Gasteiger partial charge in [-0.2, -0.15) is 5.10 Å². The van der Waals surface area contributed by atoms with Crippen LogP contribution in [0.3, 0.4) is 0 Å². The van der Waals surface area contributed by atoms with Crippen molar-refractivity contribution in [3.8, 4) is 22.7 Å². The third kappa shape index (κ3) is 5.28. The van der Waals surface area contributed by atoms with Gasteiger partial charge in [0.1, 0.15) is 10.0 Å². The van der Waals surface area contributed by atoms with Crippen LogP contribution in [0, 0.1) is 10.1 Å². The molecule has 4 rings (SSSR count). The number of thioether (sulfide) groups is 1. The van der Waals surface area contributed by atoms with E-state index in [0.29, 0.717) is 32.6 Å². The first-order valence-corrected chi connectivity index (χ1v) is 12.4. The highest BCUT2D eigenvalue weighted by Gasteiger charge is 2.32. The summed E-state index contributed by atoms with van der Waals surface area (Å²) in [4.78, 5) is 26.3. The molecule has 0 unspecified atom stereocenters. The first-order valence-electron chi connectivity index (χ1n) is 11.2. The van der Waals surface area contributed by atoms with Crippen LogP contribution in [0.5, 0.6) is 5.75 Å². The van der Waals surface area contributed by atoms with Crippen molar-refractivity contribution in [2.45, 2.75) is 26.2 Å². The number of hydrogen-bond donors (Lipinski definition) is 0. The van der Waals surface area contributed by atoms with E-state index in [1.165, 1.54) is 24.9 Å². The Balaban J connectivity index is 1.78. The number of carbonyl (C=O) groups excluding carboxylic acids is 1. The van der Waals surface area contributed by atoms with Crippen molar-refractivity contribution in [2.75, 3.05) is 13.7 Å². The topological polar surface area (TPSA) is 90.5 Å². The number of aromatic nitrogens is 2. The maximum atomic E-state index is 13.1. The molecule has 2 heterocycles. The van der Waals surface area contributed by atoms with Crippen LogP contribution in [0.1, 0.15) is 31.7 Å². The zero-order chi connectivity index (χ0) is 24.9. The fraction of sp³-hybridized carbons (Fsp3) is 0.240. The van der Waals surface area contributed by atoms with Crippen LogP contribution in [0.25, 0.3) is 23.0 Å². The number of hydrogen-bond acceptors (Lipinski definition) is 7. The summed E-state index contributed by atoms with van der Waals surface area (Å²) in [5.41, 5.74) is 2.37. The number of nitro groups is 1. The summed E-state index contributed by atoms with van der Waals surface area (Å²) in [5, 5.41) is 16.3. The number of thiocarbonyl (C=S) groups is 1. The molecule has 10 heteroatoms. The van der Waals surface area contributed by atoms with E-state index in [1.54, 1.807) is 27.8 Å². The van der Waals surface area contributed by atoms with Crippen molar-refractivity contribution < 1.29 is 14.5 Å². The smallest absolute Gasteiger partial charge is 0.311 e. The SMILES string of the molecule is CCCCCN1C(=O)/C(=C\c2cn(-c3ccccc3)nc2-c2ccc(OC)c([N+](=O)[O-])c2)SC1=S. The van der Waals surface area contributed by atoms with Crippen LogP contribution in [0.2, 0.25) is 0 Å². The summed E-state index contributed by atoms with van der Waals surface area (Å²) in [6.07, 6.45) is 6.55. The predicted molar refractivity (Wildman–Crippen MR) is 142 cm³/mol. The standard InChI is InChI=1S/C25H24N4O4S2/c1-3-4-8-13-27-24(30)22(35-25(27)34)15-18-16-28(19-9-6-5-7-10-19)26-23(18)17-11-12-21(33-2)20(14-17)29(31)32/h5-7,9-12,14-16H,3-4,8,13H2,1-2H3/b22-15+. The van der Waals surface area contributed by atoms with Crippen molar-refractivity contribution in [3.05, 3.63) is 75.3 Å². The van der Waals surface area contributed by atoms with Gasteiger partial charge in [0.2, 0.25) is 0 Å². The number of rotatable bonds is 9. The molecule has 1 aliphatic rings. The number of nitrogens with zero attached hydrogens (tertiary/aromatic N) is 4. The Morgan fingerprint density at radius 2 is 1.97 bits per heavy atom. The van der Waals surface area contributed by atoms with Crippen LogP contribution in [0.4, 0.5) is 5.69 Å². The molecule has 1 fully saturated rings. The number of nitro benzene ring substituents is 1. The lowest BCUT2D eigenvalue weighted by Crippen LogP contribution is -2.28. The van der Waals surface area contributed by atoms with Gasteiger partial charge in [-0.05, 0) is 36.8 Å². The van der Waals surface area contributed by atoms with Gasteiger partial charge >= 0.3 is 5.69 Å². The van der Waals surface area contributed by atoms with Crippen molar-refractivity contribution in [1.82, 2.24) is 14.7 Å². The quantitative estimate of drug-likeness (QED) is 0.118. The summed E-state index contributed by atoms with van der Waals surface area (Å²) < 4.78 is 7.37. The Morgan fingerprint density at radius 1 is 1.20 bits per heavy atom. The first kappa shape index (κ1) is 24.6. The Hall–Kier alpha value is -3.50. The Kier molecular flexibility index (Phi) is 7.62. The maximum absolute atomic E-state index is 13.1. The minimum absolute atomic E-state index is 0.129. The molecule has 2 aromatic carbocycles. The predicted octanol–water partition coefficient (Wildman–Crippen LogP) is 5.85. The molecule has 0 radical (unpaired) electrons. The summed E-state index contributed by atoms with van der Waals surface area (Å²) in [5.74, 6) is 0.0333. The van der Waals surface area contributed by atoms with Crippen molar-refractivity contribution in [3.63, 3.8) is 0 Å². The fourth-order valence-corrected chi connectivity index (χ4v) is 5.06. The largest absolute Gasteiger partial charge is 0.490 e. The van der Waals surface area contributed by atoms with Gasteiger partial charge in [0, 0.05) is 29.9 Å². The van der Waals surface area contributed by atoms with Gasteiger partial charge in [-0.1, -0.05) is 61.9 Å². The van der Waals surface area contributed by atoms with E-state index in [1.807, 2.05) is 36.5 Å². The van der Waals surface area contributed by atoms with Gasteiger partial charge in [-0.3, -0.25) is 19.8 Å². The van der Waals surface area contributed by atoms with Gasteiger partial charge < -0.3 is 4.74 Å². The normalized spacial score (nSPS) is 14.7. The average molecular weight is 509 g/mol. The van der Waals surface area contributed by atoms with Crippen LogP contribution in [-0.4, -0.2) is 43.5 Å². The lowest BCUT2D eigenvalue weighted by atomic mass is 10.1. The number of unbranched alkanes of at least 4 members (excludes halogenated alkanes) is 2. The fourth-order valence-electron chi connectivity index (χ4n) is 3.76. The van der Waals surface area contributed by atoms with E-state index in [4.69, 9.17) is 22.1 Å². The van der Waals surface area contributed by atoms with E-state index in [-0.39, 0.29) is 17.3 Å². The van der Waals surface area contributed by atoms with Crippen LogP contribution in [-0.2, 0) is 4.79 Å². The lowest BCUT2D eigenvalue weighted by molar-refractivity contribution is -0.385. The number of methoxy groups -OCH3 is 1. The van der Waals surface area contributed by atoms with Crippen LogP contribution < -0.4 is 4.74 Å². The van der Waals surface area contributed by atoms with Gasteiger partial charge in [-0.25, -0.2) is 4.68 Å². The molecular weight excluding hydrogens is 484 g/mol. The molecule has 0 bridgehead atoms. The third-order valence-electron chi connectivity index (χ3n) is 5.56. The molecule has 1 aromatic heterocycles. The molecule has 0 spiro atoms. The number of amides is 1. The first-order chi connectivity index (χ1) is 16.9. The molecule has 0 saturated carbocycles. The van der Waals surface area contributed by atoms with E-state index in [9.17, 15) is 14.9 Å². The maximum Gasteiger partial charge on any atom is 0.311 e. The van der Waals surface area contributed by atoms with Gasteiger partial charge in [0.15, 0.2) is 5.75 Å². The number of para-hydroxylation sites is 1. The van der Waals surface area contributed by atoms with Gasteiger partial charge in [0.05, 0.1) is 22.6 Å². The lowest BCUT2D eigenvalue weighted by Gasteiger charge is -2.13. The monoisotopic (exact) mass is 508 g/mol. The molecule has 1 amide bonds. The Labute approximate surface area is 212 Å². The summed E-state index contributed by atoms with van der Waals surface area (Å²) >= 11 is 6.72. The number of benzene rings is 2. The molecule has 0 N–H and O–H groups in total. The zero-order valence-electron chi connectivity index (χ0n) is 19.3. The molecule has 1 aliphatic heterocycles. The van der Waals surface area contributed by atoms with E-state index < -0.39 is 4.92 Å². The van der Waals surface area contributed by atoms with E-state index >= 15 is 0 Å². The molecule has 0 aliphatic carbocycles. The second-order valence-electron chi connectivity index (χ2n) is 7.90. The summed E-state index contributed by atoms with van der Waals surface area (Å²) in [6, 6.07) is 14.2. The summed E-state index contributed by atoms with van der Waals surface area (Å²) in [7, 11) is 1.39. The molecule has 0 atom stereocenters. The highest BCUT2D eigenvalue weighted by Crippen LogP contribution is 2.37. The minimum Gasteiger partial charge on any atom is -0.490 e. The van der Waals surface area contributed by atoms with E-state index in [0.717, 1.165) is 24.9 Å². The average Bonchev–Trinajstić information content (AvgIpc) is 3.40. The highest BCUT2D eigenvalue weighted by molar-refractivity contribution is 8.26. The molecule has 8 nitrogen and oxygen atoms in total. The highest BCUT2D eigenvalue weighted by atomic mass is 32.2. The van der Waals surface area contributed by atoms with E-state index in [2.05, 4.69) is 6.92 Å². The van der Waals surface area contributed by atoms with Crippen molar-refractivity contribution in [2.24, 2.45) is 0 Å². The number of ether oxygens (including phenoxy) is 1. The zero-order valence-corrected chi connectivity index (χ0v) is 21.0. The third-order valence-corrected chi connectivity index (χ3v) is 6.94. The number of carbonyl (C=O) groups is 1. The molecule has 180 valence electrons. The minimum atomic E-state index is -0.488. The second-order valence-corrected chi connectivity index (χ2v) is 9.57. The van der Waals surface area contributed by atoms with Crippen molar-refractivity contribution >= 4 is 46.0 Å². The Bertz CT molecular complexity index is 1300. The van der Waals surface area contributed by atoms with Gasteiger partial charge in [0.25, 0.3) is 5.91 Å². The second kappa shape index (κ2) is 10.8. The molecule has 35 heavy (non-hydrogen) atoms.